The van der Waals surface area contributed by atoms with E-state index in [0.29, 0.717) is 35.7 Å². The van der Waals surface area contributed by atoms with Gasteiger partial charge in [-0.2, -0.15) is 0 Å². The van der Waals surface area contributed by atoms with E-state index in [4.69, 9.17) is 11.6 Å². The molecular formula is C21H21ClN6O2. The van der Waals surface area contributed by atoms with Gasteiger partial charge in [-0.25, -0.2) is 15.0 Å². The zero-order valence-electron chi connectivity index (χ0n) is 16.2. The molecule has 1 fully saturated rings. The van der Waals surface area contributed by atoms with Crippen molar-refractivity contribution in [1.29, 1.82) is 0 Å². The predicted molar refractivity (Wildman–Crippen MR) is 116 cm³/mol. The van der Waals surface area contributed by atoms with Crippen LogP contribution in [0.3, 0.4) is 0 Å². The van der Waals surface area contributed by atoms with E-state index in [2.05, 4.69) is 44.5 Å². The highest BCUT2D eigenvalue weighted by Crippen LogP contribution is 2.35. The van der Waals surface area contributed by atoms with Crippen LogP contribution in [-0.4, -0.2) is 33.0 Å². The van der Waals surface area contributed by atoms with Crippen molar-refractivity contribution < 1.29 is 4.92 Å². The molecule has 0 amide bonds. The number of hydrogen-bond donors (Lipinski definition) is 1. The van der Waals surface area contributed by atoms with Crippen molar-refractivity contribution in [2.75, 3.05) is 23.3 Å². The van der Waals surface area contributed by atoms with Crippen LogP contribution in [0.4, 0.5) is 23.1 Å². The second kappa shape index (κ2) is 9.04. The van der Waals surface area contributed by atoms with Crippen molar-refractivity contribution in [3.05, 3.63) is 75.7 Å². The molecule has 154 valence electrons. The molecule has 0 aliphatic carbocycles. The molecule has 1 aliphatic rings. The summed E-state index contributed by atoms with van der Waals surface area (Å²) < 4.78 is 0. The van der Waals surface area contributed by atoms with Crippen LogP contribution in [0.5, 0.6) is 0 Å². The Kier molecular flexibility index (Phi) is 6.04. The highest BCUT2D eigenvalue weighted by molar-refractivity contribution is 6.30. The predicted octanol–water partition coefficient (Wildman–Crippen LogP) is 4.64. The number of hydrogen-bond acceptors (Lipinski definition) is 7. The molecule has 0 atom stereocenters. The van der Waals surface area contributed by atoms with Gasteiger partial charge in [-0.05, 0) is 42.9 Å². The van der Waals surface area contributed by atoms with Crippen LogP contribution in [0.2, 0.25) is 5.02 Å². The van der Waals surface area contributed by atoms with E-state index < -0.39 is 4.92 Å². The minimum atomic E-state index is -0.441. The number of nitro groups is 1. The molecular weight excluding hydrogens is 404 g/mol. The van der Waals surface area contributed by atoms with Crippen molar-refractivity contribution >= 4 is 34.7 Å². The van der Waals surface area contributed by atoms with Crippen LogP contribution < -0.4 is 10.2 Å². The zero-order valence-corrected chi connectivity index (χ0v) is 17.0. The lowest BCUT2D eigenvalue weighted by Crippen LogP contribution is -2.35. The molecule has 30 heavy (non-hydrogen) atoms. The van der Waals surface area contributed by atoms with Gasteiger partial charge in [0.2, 0.25) is 11.6 Å². The summed E-state index contributed by atoms with van der Waals surface area (Å²) in [7, 11) is 0. The highest BCUT2D eigenvalue weighted by atomic mass is 35.5. The summed E-state index contributed by atoms with van der Waals surface area (Å²) in [5.74, 6) is 1.44. The van der Waals surface area contributed by atoms with Crippen molar-refractivity contribution in [3.63, 3.8) is 0 Å². The number of nitrogens with one attached hydrogen (secondary N) is 1. The third-order valence-electron chi connectivity index (χ3n) is 5.24. The second-order valence-corrected chi connectivity index (χ2v) is 7.69. The second-order valence-electron chi connectivity index (χ2n) is 7.26. The molecule has 1 aromatic carbocycles. The van der Waals surface area contributed by atoms with Gasteiger partial charge in [0.1, 0.15) is 12.1 Å². The summed E-state index contributed by atoms with van der Waals surface area (Å²) in [6, 6.07) is 13.7. The molecule has 3 aromatic rings. The minimum absolute atomic E-state index is 0.117. The SMILES string of the molecule is O=[N+]([O-])c1c(Nc2ccc(Cl)cn2)ncnc1N1CCC(Cc2ccccc2)CC1. The average Bonchev–Trinajstić information content (AvgIpc) is 2.76. The highest BCUT2D eigenvalue weighted by Gasteiger charge is 2.30. The summed E-state index contributed by atoms with van der Waals surface area (Å²) in [5, 5.41) is 15.2. The topological polar surface area (TPSA) is 97.1 Å². The molecule has 2 aromatic heterocycles. The van der Waals surface area contributed by atoms with Crippen molar-refractivity contribution in [3.8, 4) is 0 Å². The van der Waals surface area contributed by atoms with Crippen molar-refractivity contribution in [1.82, 2.24) is 15.0 Å². The van der Waals surface area contributed by atoms with Gasteiger partial charge in [-0.1, -0.05) is 41.9 Å². The largest absolute Gasteiger partial charge is 0.353 e. The van der Waals surface area contributed by atoms with E-state index >= 15 is 0 Å². The molecule has 0 radical (unpaired) electrons. The van der Waals surface area contributed by atoms with Gasteiger partial charge in [-0.15, -0.1) is 0 Å². The van der Waals surface area contributed by atoms with Gasteiger partial charge in [0, 0.05) is 19.3 Å². The quantitative estimate of drug-likeness (QED) is 0.454. The molecule has 8 nitrogen and oxygen atoms in total. The molecule has 0 bridgehead atoms. The zero-order chi connectivity index (χ0) is 20.9. The fourth-order valence-electron chi connectivity index (χ4n) is 3.73. The van der Waals surface area contributed by atoms with Crippen molar-refractivity contribution in [2.45, 2.75) is 19.3 Å². The van der Waals surface area contributed by atoms with Crippen LogP contribution in [0.1, 0.15) is 18.4 Å². The van der Waals surface area contributed by atoms with Crippen molar-refractivity contribution in [2.24, 2.45) is 5.92 Å². The number of pyridine rings is 1. The Morgan fingerprint density at radius 2 is 1.87 bits per heavy atom. The summed E-state index contributed by atoms with van der Waals surface area (Å²) >= 11 is 5.86. The van der Waals surface area contributed by atoms with Gasteiger partial charge in [0.05, 0.1) is 9.95 Å². The van der Waals surface area contributed by atoms with Crippen LogP contribution >= 0.6 is 11.6 Å². The molecule has 0 spiro atoms. The van der Waals surface area contributed by atoms with E-state index in [1.54, 1.807) is 12.1 Å². The first-order chi connectivity index (χ1) is 14.6. The Balaban J connectivity index is 1.50. The Hall–Kier alpha value is -3.26. The maximum absolute atomic E-state index is 11.9. The van der Waals surface area contributed by atoms with E-state index in [1.807, 2.05) is 11.0 Å². The van der Waals surface area contributed by atoms with Gasteiger partial charge < -0.3 is 10.2 Å². The number of piperidine rings is 1. The van der Waals surface area contributed by atoms with Crippen LogP contribution in [0.25, 0.3) is 0 Å². The molecule has 9 heteroatoms. The normalized spacial score (nSPS) is 14.5. The molecule has 0 unspecified atom stereocenters. The number of benzene rings is 1. The Morgan fingerprint density at radius 1 is 1.10 bits per heavy atom. The van der Waals surface area contributed by atoms with Gasteiger partial charge in [0.25, 0.3) is 0 Å². The Morgan fingerprint density at radius 3 is 2.53 bits per heavy atom. The third-order valence-corrected chi connectivity index (χ3v) is 5.46. The van der Waals surface area contributed by atoms with E-state index in [1.165, 1.54) is 18.1 Å². The van der Waals surface area contributed by atoms with Gasteiger partial charge >= 0.3 is 5.69 Å². The fraction of sp³-hybridized carbons (Fsp3) is 0.286. The minimum Gasteiger partial charge on any atom is -0.351 e. The summed E-state index contributed by atoms with van der Waals surface area (Å²) in [6.45, 7) is 1.43. The summed E-state index contributed by atoms with van der Waals surface area (Å²) in [4.78, 5) is 25.8. The summed E-state index contributed by atoms with van der Waals surface area (Å²) in [5.41, 5.74) is 1.18. The van der Waals surface area contributed by atoms with Gasteiger partial charge in [-0.3, -0.25) is 10.1 Å². The van der Waals surface area contributed by atoms with E-state index in [9.17, 15) is 10.1 Å². The van der Waals surface area contributed by atoms with E-state index in [0.717, 1.165) is 19.3 Å². The molecule has 1 N–H and O–H groups in total. The maximum atomic E-state index is 11.9. The standard InChI is InChI=1S/C21H21ClN6O2/c22-17-6-7-18(23-13-17)26-20-19(28(29)30)21(25-14-24-20)27-10-8-16(9-11-27)12-15-4-2-1-3-5-15/h1-7,13-14,16H,8-12H2,(H,23,24,25,26). The van der Waals surface area contributed by atoms with E-state index in [-0.39, 0.29) is 11.5 Å². The molecule has 0 saturated carbocycles. The Labute approximate surface area is 179 Å². The first-order valence-corrected chi connectivity index (χ1v) is 10.1. The number of halogens is 1. The van der Waals surface area contributed by atoms with Gasteiger partial charge in [0.15, 0.2) is 0 Å². The molecule has 4 rings (SSSR count). The number of nitrogens with zero attached hydrogens (tertiary/aromatic N) is 5. The number of rotatable bonds is 6. The molecule has 1 aliphatic heterocycles. The smallest absolute Gasteiger partial charge is 0.351 e. The number of aromatic nitrogens is 3. The molecule has 1 saturated heterocycles. The first-order valence-electron chi connectivity index (χ1n) is 9.77. The first kappa shape index (κ1) is 20.0. The maximum Gasteiger partial charge on any atom is 0.353 e. The third kappa shape index (κ3) is 4.65. The lowest BCUT2D eigenvalue weighted by Gasteiger charge is -2.32. The average molecular weight is 425 g/mol. The monoisotopic (exact) mass is 424 g/mol. The lowest BCUT2D eigenvalue weighted by molar-refractivity contribution is -0.383. The van der Waals surface area contributed by atoms with Crippen LogP contribution in [0.15, 0.2) is 55.0 Å². The fourth-order valence-corrected chi connectivity index (χ4v) is 3.84. The summed E-state index contributed by atoms with van der Waals surface area (Å²) in [6.07, 6.45) is 5.75. The number of anilines is 3. The molecule has 3 heterocycles. The van der Waals surface area contributed by atoms with Crippen LogP contribution in [-0.2, 0) is 6.42 Å². The Bertz CT molecular complexity index is 1010. The lowest BCUT2D eigenvalue weighted by atomic mass is 9.90. The van der Waals surface area contributed by atoms with Crippen LogP contribution in [0, 0.1) is 16.0 Å².